The minimum absolute atomic E-state index is 0.0351. The Labute approximate surface area is 180 Å². The fourth-order valence-corrected chi connectivity index (χ4v) is 3.23. The van der Waals surface area contributed by atoms with Gasteiger partial charge in [-0.1, -0.05) is 29.8 Å². The van der Waals surface area contributed by atoms with Crippen LogP contribution in [0.25, 0.3) is 0 Å². The van der Waals surface area contributed by atoms with E-state index in [1.54, 1.807) is 24.3 Å². The third kappa shape index (κ3) is 7.11. The van der Waals surface area contributed by atoms with E-state index in [1.165, 1.54) is 14.0 Å². The van der Waals surface area contributed by atoms with E-state index in [9.17, 15) is 14.4 Å². The number of benzene rings is 2. The number of hydrogen-bond donors (Lipinski definition) is 2. The molecule has 0 unspecified atom stereocenters. The number of rotatable bonds is 9. The molecule has 2 amide bonds. The number of carbonyl (C=O) groups is 3. The molecule has 0 spiro atoms. The molecule has 0 aliphatic heterocycles. The van der Waals surface area contributed by atoms with Crippen LogP contribution in [0.1, 0.15) is 18.1 Å². The van der Waals surface area contributed by atoms with Gasteiger partial charge in [-0.2, -0.15) is 0 Å². The number of ether oxygens (including phenoxy) is 2. The summed E-state index contributed by atoms with van der Waals surface area (Å²) in [5, 5.41) is 5.49. The third-order valence-corrected chi connectivity index (χ3v) is 5.06. The normalized spacial score (nSPS) is 11.3. The van der Waals surface area contributed by atoms with Gasteiger partial charge in [-0.05, 0) is 44.5 Å². The van der Waals surface area contributed by atoms with Crippen LogP contribution in [0.5, 0.6) is 5.75 Å². The van der Waals surface area contributed by atoms with Crippen LogP contribution in [0.3, 0.4) is 0 Å². The zero-order valence-corrected chi connectivity index (χ0v) is 18.3. The van der Waals surface area contributed by atoms with Crippen molar-refractivity contribution in [1.82, 2.24) is 0 Å². The Bertz CT molecular complexity index is 916. The minimum atomic E-state index is -0.980. The summed E-state index contributed by atoms with van der Waals surface area (Å²) in [5.41, 5.74) is 3.33. The number of methoxy groups -OCH3 is 1. The molecule has 0 saturated carbocycles. The number of esters is 1. The first-order chi connectivity index (χ1) is 14.3. The van der Waals surface area contributed by atoms with E-state index in [0.29, 0.717) is 11.4 Å². The Balaban J connectivity index is 1.74. The van der Waals surface area contributed by atoms with Crippen molar-refractivity contribution in [3.8, 4) is 5.75 Å². The van der Waals surface area contributed by atoms with Gasteiger partial charge >= 0.3 is 5.97 Å². The molecule has 2 rings (SSSR count). The van der Waals surface area contributed by atoms with Crippen molar-refractivity contribution in [1.29, 1.82) is 0 Å². The standard InChI is InChI=1S/C22H26N2O5S/c1-14-9-10-17(15(2)11-14)23-20(25)12-30-13-21(26)29-16(3)22(27)24-18-7-5-6-8-19(18)28-4/h5-11,16H,12-13H2,1-4H3,(H,23,25)(H,24,27)/t16-/m1/s1. The highest BCUT2D eigenvalue weighted by molar-refractivity contribution is 8.00. The topological polar surface area (TPSA) is 93.7 Å². The summed E-state index contributed by atoms with van der Waals surface area (Å²) in [5.74, 6) is -0.666. The molecule has 0 aliphatic rings. The van der Waals surface area contributed by atoms with Crippen LogP contribution < -0.4 is 15.4 Å². The van der Waals surface area contributed by atoms with E-state index in [1.807, 2.05) is 32.0 Å². The summed E-state index contributed by atoms with van der Waals surface area (Å²) in [4.78, 5) is 36.3. The summed E-state index contributed by atoms with van der Waals surface area (Å²) >= 11 is 1.12. The molecule has 0 aromatic heterocycles. The van der Waals surface area contributed by atoms with E-state index in [2.05, 4.69) is 10.6 Å². The van der Waals surface area contributed by atoms with Crippen molar-refractivity contribution in [2.45, 2.75) is 26.9 Å². The lowest BCUT2D eigenvalue weighted by molar-refractivity contribution is -0.150. The van der Waals surface area contributed by atoms with Crippen molar-refractivity contribution in [2.75, 3.05) is 29.2 Å². The highest BCUT2D eigenvalue weighted by Crippen LogP contribution is 2.23. The lowest BCUT2D eigenvalue weighted by Gasteiger charge is -2.15. The van der Waals surface area contributed by atoms with Gasteiger partial charge in [0.25, 0.3) is 5.91 Å². The van der Waals surface area contributed by atoms with Gasteiger partial charge in [-0.3, -0.25) is 14.4 Å². The van der Waals surface area contributed by atoms with Crippen LogP contribution in [-0.4, -0.2) is 42.5 Å². The molecule has 0 bridgehead atoms. The number of anilines is 2. The Hall–Kier alpha value is -3.00. The van der Waals surface area contributed by atoms with Crippen molar-refractivity contribution < 1.29 is 23.9 Å². The van der Waals surface area contributed by atoms with Gasteiger partial charge in [0.05, 0.1) is 24.3 Å². The first-order valence-electron chi connectivity index (χ1n) is 9.38. The summed E-state index contributed by atoms with van der Waals surface area (Å²) < 4.78 is 10.3. The highest BCUT2D eigenvalue weighted by atomic mass is 32.2. The molecule has 2 N–H and O–H groups in total. The van der Waals surface area contributed by atoms with E-state index >= 15 is 0 Å². The fourth-order valence-electron chi connectivity index (χ4n) is 2.63. The van der Waals surface area contributed by atoms with Gasteiger partial charge in [0.2, 0.25) is 5.91 Å². The average Bonchev–Trinajstić information content (AvgIpc) is 2.70. The summed E-state index contributed by atoms with van der Waals surface area (Å²) in [7, 11) is 1.50. The van der Waals surface area contributed by atoms with E-state index in [4.69, 9.17) is 9.47 Å². The summed E-state index contributed by atoms with van der Waals surface area (Å²) in [6.07, 6.45) is -0.980. The monoisotopic (exact) mass is 430 g/mol. The molecular formula is C22H26N2O5S. The number of aryl methyl sites for hydroxylation is 2. The summed E-state index contributed by atoms with van der Waals surface area (Å²) in [6.45, 7) is 5.39. The second-order valence-corrected chi connectivity index (χ2v) is 7.67. The first kappa shape index (κ1) is 23.3. The minimum Gasteiger partial charge on any atom is -0.495 e. The van der Waals surface area contributed by atoms with Crippen molar-refractivity contribution in [3.63, 3.8) is 0 Å². The van der Waals surface area contributed by atoms with Crippen LogP contribution >= 0.6 is 11.8 Å². The van der Waals surface area contributed by atoms with Gasteiger partial charge in [0.15, 0.2) is 6.10 Å². The molecule has 8 heteroatoms. The van der Waals surface area contributed by atoms with Crippen molar-refractivity contribution >= 4 is 40.9 Å². The molecule has 7 nitrogen and oxygen atoms in total. The first-order valence-corrected chi connectivity index (χ1v) is 10.5. The largest absolute Gasteiger partial charge is 0.495 e. The van der Waals surface area contributed by atoms with E-state index in [0.717, 1.165) is 28.6 Å². The number of hydrogen-bond acceptors (Lipinski definition) is 6. The van der Waals surface area contributed by atoms with Gasteiger partial charge in [0, 0.05) is 5.69 Å². The molecule has 2 aromatic carbocycles. The van der Waals surface area contributed by atoms with Crippen LogP contribution in [0.4, 0.5) is 11.4 Å². The Morgan fingerprint density at radius 2 is 1.73 bits per heavy atom. The lowest BCUT2D eigenvalue weighted by Crippen LogP contribution is -2.30. The maximum absolute atomic E-state index is 12.2. The molecule has 30 heavy (non-hydrogen) atoms. The molecule has 0 fully saturated rings. The van der Waals surface area contributed by atoms with Crippen molar-refractivity contribution in [2.24, 2.45) is 0 Å². The molecule has 1 atom stereocenters. The highest BCUT2D eigenvalue weighted by Gasteiger charge is 2.19. The second-order valence-electron chi connectivity index (χ2n) is 6.68. The summed E-state index contributed by atoms with van der Waals surface area (Å²) in [6, 6.07) is 12.7. The Morgan fingerprint density at radius 1 is 1.00 bits per heavy atom. The van der Waals surface area contributed by atoms with Crippen molar-refractivity contribution in [3.05, 3.63) is 53.6 Å². The lowest BCUT2D eigenvalue weighted by atomic mass is 10.1. The second kappa shape index (κ2) is 11.3. The predicted octanol–water partition coefficient (Wildman–Crippen LogP) is 3.55. The van der Waals surface area contributed by atoms with Crippen LogP contribution in [0.15, 0.2) is 42.5 Å². The molecule has 160 valence electrons. The quantitative estimate of drug-likeness (QED) is 0.591. The number of amides is 2. The number of para-hydroxylation sites is 2. The maximum atomic E-state index is 12.2. The number of thioether (sulfide) groups is 1. The SMILES string of the molecule is COc1ccccc1NC(=O)[C@@H](C)OC(=O)CSCC(=O)Nc1ccc(C)cc1C. The Morgan fingerprint density at radius 3 is 2.43 bits per heavy atom. The maximum Gasteiger partial charge on any atom is 0.316 e. The van der Waals surface area contributed by atoms with Crippen LogP contribution in [-0.2, 0) is 19.1 Å². The van der Waals surface area contributed by atoms with Gasteiger partial charge in [-0.15, -0.1) is 11.8 Å². The predicted molar refractivity (Wildman–Crippen MR) is 119 cm³/mol. The van der Waals surface area contributed by atoms with E-state index in [-0.39, 0.29) is 17.4 Å². The zero-order chi connectivity index (χ0) is 22.1. The molecular weight excluding hydrogens is 404 g/mol. The molecule has 0 aliphatic carbocycles. The zero-order valence-electron chi connectivity index (χ0n) is 17.5. The molecule has 0 radical (unpaired) electrons. The molecule has 2 aromatic rings. The van der Waals surface area contributed by atoms with Gasteiger partial charge in [-0.25, -0.2) is 0 Å². The average molecular weight is 431 g/mol. The van der Waals surface area contributed by atoms with Crippen LogP contribution in [0, 0.1) is 13.8 Å². The number of nitrogens with one attached hydrogen (secondary N) is 2. The van der Waals surface area contributed by atoms with E-state index < -0.39 is 18.0 Å². The Kier molecular flexibility index (Phi) is 8.73. The number of carbonyl (C=O) groups excluding carboxylic acids is 3. The molecule has 0 heterocycles. The van der Waals surface area contributed by atoms with Gasteiger partial charge in [0.1, 0.15) is 5.75 Å². The third-order valence-electron chi connectivity index (χ3n) is 4.15. The van der Waals surface area contributed by atoms with Crippen LogP contribution in [0.2, 0.25) is 0 Å². The van der Waals surface area contributed by atoms with Gasteiger partial charge < -0.3 is 20.1 Å². The molecule has 0 saturated heterocycles. The fraction of sp³-hybridized carbons (Fsp3) is 0.318. The smallest absolute Gasteiger partial charge is 0.316 e.